The second-order valence-electron chi connectivity index (χ2n) is 4.99. The molecule has 0 aromatic heterocycles. The molecule has 0 aliphatic heterocycles. The fourth-order valence-electron chi connectivity index (χ4n) is 3.30. The molecule has 1 N–H and O–H groups in total. The lowest BCUT2D eigenvalue weighted by Gasteiger charge is -2.33. The van der Waals surface area contributed by atoms with Crippen LogP contribution in [0.15, 0.2) is 0 Å². The fraction of sp³-hybridized carbons (Fsp3) is 0.727. The Hall–Kier alpha value is -1.19. The highest BCUT2D eigenvalue weighted by molar-refractivity contribution is 6.47. The maximum atomic E-state index is 11.9. The number of Topliss-reactive ketones (excluding diaryl/α,β-unsaturated/α-hetero) is 2. The maximum Gasteiger partial charge on any atom is 0.234 e. The van der Waals surface area contributed by atoms with Crippen molar-refractivity contribution in [2.45, 2.75) is 26.7 Å². The first-order chi connectivity index (χ1) is 6.89. The lowest BCUT2D eigenvalue weighted by Crippen LogP contribution is -2.49. The van der Waals surface area contributed by atoms with Crippen molar-refractivity contribution >= 4 is 17.5 Å². The zero-order valence-corrected chi connectivity index (χ0v) is 9.22. The van der Waals surface area contributed by atoms with Crippen LogP contribution in [0, 0.1) is 16.7 Å². The van der Waals surface area contributed by atoms with E-state index in [4.69, 9.17) is 0 Å². The zero-order chi connectivity index (χ0) is 11.4. The lowest BCUT2D eigenvalue weighted by molar-refractivity contribution is -0.148. The molecule has 0 aromatic rings. The minimum absolute atomic E-state index is 0.262. The standard InChI is InChI=1S/C11H15NO3/c1-10(2)6-4-5-11(10,9(15)12-3)8(14)7(6)13/h6H,4-5H2,1-3H3,(H,12,15)/t6-,11+/m0/s1. The van der Waals surface area contributed by atoms with Crippen molar-refractivity contribution in [2.75, 3.05) is 7.05 Å². The number of fused-ring (bicyclic) bond motifs is 2. The number of amides is 1. The molecule has 2 fully saturated rings. The number of hydrogen-bond acceptors (Lipinski definition) is 3. The highest BCUT2D eigenvalue weighted by Crippen LogP contribution is 2.62. The molecule has 0 spiro atoms. The van der Waals surface area contributed by atoms with Gasteiger partial charge in [0.05, 0.1) is 0 Å². The van der Waals surface area contributed by atoms with Gasteiger partial charge in [0.1, 0.15) is 5.41 Å². The molecule has 0 aromatic carbocycles. The van der Waals surface area contributed by atoms with Crippen molar-refractivity contribution < 1.29 is 14.4 Å². The Labute approximate surface area is 88.4 Å². The van der Waals surface area contributed by atoms with Gasteiger partial charge in [-0.05, 0) is 18.3 Å². The summed E-state index contributed by atoms with van der Waals surface area (Å²) in [6, 6.07) is 0. The van der Waals surface area contributed by atoms with Crippen molar-refractivity contribution in [3.63, 3.8) is 0 Å². The van der Waals surface area contributed by atoms with Crippen molar-refractivity contribution in [1.29, 1.82) is 0 Å². The average Bonchev–Trinajstić information content (AvgIpc) is 2.53. The summed E-state index contributed by atoms with van der Waals surface area (Å²) >= 11 is 0. The van der Waals surface area contributed by atoms with Crippen LogP contribution in [-0.4, -0.2) is 24.5 Å². The van der Waals surface area contributed by atoms with Gasteiger partial charge in [-0.3, -0.25) is 14.4 Å². The zero-order valence-electron chi connectivity index (χ0n) is 9.22. The quantitative estimate of drug-likeness (QED) is 0.499. The Bertz CT molecular complexity index is 372. The predicted octanol–water partition coefficient (Wildman–Crippen LogP) is 0.307. The van der Waals surface area contributed by atoms with E-state index in [2.05, 4.69) is 5.32 Å². The molecule has 2 bridgehead atoms. The van der Waals surface area contributed by atoms with Crippen LogP contribution in [0.2, 0.25) is 0 Å². The molecular weight excluding hydrogens is 194 g/mol. The van der Waals surface area contributed by atoms with Crippen LogP contribution in [0.25, 0.3) is 0 Å². The second kappa shape index (κ2) is 2.68. The third-order valence-electron chi connectivity index (χ3n) is 4.32. The highest BCUT2D eigenvalue weighted by Gasteiger charge is 2.72. The number of hydrogen-bond donors (Lipinski definition) is 1. The normalized spacial score (nSPS) is 37.1. The highest BCUT2D eigenvalue weighted by atomic mass is 16.2. The van der Waals surface area contributed by atoms with Crippen LogP contribution < -0.4 is 5.32 Å². The van der Waals surface area contributed by atoms with Gasteiger partial charge in [-0.2, -0.15) is 0 Å². The van der Waals surface area contributed by atoms with Crippen LogP contribution in [0.5, 0.6) is 0 Å². The van der Waals surface area contributed by atoms with Gasteiger partial charge in [0, 0.05) is 13.0 Å². The molecule has 15 heavy (non-hydrogen) atoms. The Morgan fingerprint density at radius 1 is 1.40 bits per heavy atom. The molecule has 2 aliphatic carbocycles. The smallest absolute Gasteiger partial charge is 0.234 e. The van der Waals surface area contributed by atoms with E-state index in [-0.39, 0.29) is 17.6 Å². The maximum absolute atomic E-state index is 11.9. The van der Waals surface area contributed by atoms with Crippen LogP contribution in [0.4, 0.5) is 0 Å². The van der Waals surface area contributed by atoms with Crippen molar-refractivity contribution in [3.05, 3.63) is 0 Å². The summed E-state index contributed by atoms with van der Waals surface area (Å²) in [5, 5.41) is 2.52. The van der Waals surface area contributed by atoms with Gasteiger partial charge < -0.3 is 5.32 Å². The van der Waals surface area contributed by atoms with Gasteiger partial charge >= 0.3 is 0 Å². The van der Waals surface area contributed by atoms with E-state index in [1.165, 1.54) is 7.05 Å². The lowest BCUT2D eigenvalue weighted by atomic mass is 9.68. The largest absolute Gasteiger partial charge is 0.358 e. The molecule has 0 unspecified atom stereocenters. The van der Waals surface area contributed by atoms with Crippen molar-refractivity contribution in [1.82, 2.24) is 5.32 Å². The fourth-order valence-corrected chi connectivity index (χ4v) is 3.30. The minimum atomic E-state index is -1.09. The van der Waals surface area contributed by atoms with Gasteiger partial charge in [0.2, 0.25) is 17.5 Å². The van der Waals surface area contributed by atoms with Crippen LogP contribution in [0.1, 0.15) is 26.7 Å². The van der Waals surface area contributed by atoms with E-state index in [1.54, 1.807) is 0 Å². The molecule has 4 nitrogen and oxygen atoms in total. The Kier molecular flexibility index (Phi) is 1.85. The molecule has 1 amide bonds. The topological polar surface area (TPSA) is 63.2 Å². The summed E-state index contributed by atoms with van der Waals surface area (Å²) in [5.74, 6) is -1.40. The molecule has 82 valence electrons. The van der Waals surface area contributed by atoms with E-state index in [9.17, 15) is 14.4 Å². The van der Waals surface area contributed by atoms with E-state index in [1.807, 2.05) is 13.8 Å². The first-order valence-corrected chi connectivity index (χ1v) is 5.20. The molecule has 0 saturated heterocycles. The van der Waals surface area contributed by atoms with Gasteiger partial charge in [0.15, 0.2) is 0 Å². The van der Waals surface area contributed by atoms with Crippen LogP contribution in [-0.2, 0) is 14.4 Å². The summed E-state index contributed by atoms with van der Waals surface area (Å²) in [7, 11) is 1.51. The first kappa shape index (κ1) is 10.3. The van der Waals surface area contributed by atoms with E-state index in [0.717, 1.165) is 0 Å². The van der Waals surface area contributed by atoms with Crippen LogP contribution in [0.3, 0.4) is 0 Å². The molecule has 4 heteroatoms. The summed E-state index contributed by atoms with van der Waals surface area (Å²) in [6.07, 6.45) is 1.17. The molecule has 2 atom stereocenters. The van der Waals surface area contributed by atoms with Gasteiger partial charge in [-0.1, -0.05) is 13.8 Å². The van der Waals surface area contributed by atoms with Gasteiger partial charge in [0.25, 0.3) is 0 Å². The van der Waals surface area contributed by atoms with Crippen molar-refractivity contribution in [3.8, 4) is 0 Å². The van der Waals surface area contributed by atoms with Gasteiger partial charge in [-0.15, -0.1) is 0 Å². The Morgan fingerprint density at radius 3 is 2.40 bits per heavy atom. The molecule has 0 radical (unpaired) electrons. The number of ketones is 2. The first-order valence-electron chi connectivity index (χ1n) is 5.20. The average molecular weight is 209 g/mol. The molecule has 2 rings (SSSR count). The third kappa shape index (κ3) is 0.856. The second-order valence-corrected chi connectivity index (χ2v) is 4.99. The predicted molar refractivity (Wildman–Crippen MR) is 53.0 cm³/mol. The van der Waals surface area contributed by atoms with E-state index in [0.29, 0.717) is 12.8 Å². The monoisotopic (exact) mass is 209 g/mol. The Morgan fingerprint density at radius 2 is 2.00 bits per heavy atom. The summed E-state index contributed by atoms with van der Waals surface area (Å²) in [6.45, 7) is 3.70. The molecule has 2 aliphatic rings. The Balaban J connectivity index is 2.59. The third-order valence-corrected chi connectivity index (χ3v) is 4.32. The number of nitrogens with one attached hydrogen (secondary N) is 1. The van der Waals surface area contributed by atoms with E-state index < -0.39 is 16.6 Å². The minimum Gasteiger partial charge on any atom is -0.358 e. The molecule has 2 saturated carbocycles. The number of carbonyl (C=O) groups excluding carboxylic acids is 3. The number of carbonyl (C=O) groups is 3. The van der Waals surface area contributed by atoms with Gasteiger partial charge in [-0.25, -0.2) is 0 Å². The molecule has 0 heterocycles. The summed E-state index contributed by atoms with van der Waals surface area (Å²) in [4.78, 5) is 35.5. The summed E-state index contributed by atoms with van der Waals surface area (Å²) < 4.78 is 0. The number of rotatable bonds is 1. The molecular formula is C11H15NO3. The summed E-state index contributed by atoms with van der Waals surface area (Å²) in [5.41, 5.74) is -1.62. The van der Waals surface area contributed by atoms with Crippen LogP contribution >= 0.6 is 0 Å². The van der Waals surface area contributed by atoms with Crippen molar-refractivity contribution in [2.24, 2.45) is 16.7 Å². The SMILES string of the molecule is CNC(=O)[C@@]12CC[C@@H](C(=O)C1=O)C2(C)C. The van der Waals surface area contributed by atoms with E-state index >= 15 is 0 Å².